The number of alkyl carbamates (subject to hydrolysis) is 1. The van der Waals surface area contributed by atoms with Crippen LogP contribution in [0.2, 0.25) is 0 Å². The monoisotopic (exact) mass is 823 g/mol. The number of nitrogens with zero attached hydrogens (tertiary/aromatic N) is 2. The highest BCUT2D eigenvalue weighted by atomic mass is 32.2. The molecule has 312 valence electrons. The van der Waals surface area contributed by atoms with Gasteiger partial charge < -0.3 is 34.5 Å². The van der Waals surface area contributed by atoms with Crippen molar-refractivity contribution >= 4 is 44.6 Å². The summed E-state index contributed by atoms with van der Waals surface area (Å²) in [6, 6.07) is 3.93. The van der Waals surface area contributed by atoms with Gasteiger partial charge in [0.25, 0.3) is 5.91 Å². The number of allylic oxidation sites excluding steroid dienone is 1. The van der Waals surface area contributed by atoms with Crippen LogP contribution >= 0.6 is 0 Å². The number of benzene rings is 1. The molecule has 3 fully saturated rings. The Morgan fingerprint density at radius 3 is 2.51 bits per heavy atom. The molecule has 3 heterocycles. The van der Waals surface area contributed by atoms with Crippen LogP contribution < -0.4 is 24.8 Å². The maximum absolute atomic E-state index is 14.6. The summed E-state index contributed by atoms with van der Waals surface area (Å²) in [5, 5.41) is 6.33. The molecule has 57 heavy (non-hydrogen) atoms. The van der Waals surface area contributed by atoms with E-state index < -0.39 is 92.2 Å². The molecule has 1 aromatic heterocycles. The molecule has 2 aromatic rings. The molecule has 7 atom stereocenters. The number of nitrogens with one attached hydrogen (secondary N) is 3. The third-order valence-corrected chi connectivity index (χ3v) is 13.4. The van der Waals surface area contributed by atoms with Gasteiger partial charge in [0.2, 0.25) is 33.3 Å². The first-order valence-electron chi connectivity index (χ1n) is 18.8. The summed E-state index contributed by atoms with van der Waals surface area (Å²) in [5.74, 6) is -2.46. The van der Waals surface area contributed by atoms with Gasteiger partial charge in [-0.3, -0.25) is 19.1 Å². The number of carbonyl (C=O) groups excluding carboxylic acids is 4. The number of sulfonamides is 1. The molecule has 0 bridgehead atoms. The summed E-state index contributed by atoms with van der Waals surface area (Å²) in [7, 11) is -2.57. The van der Waals surface area contributed by atoms with Crippen LogP contribution in [-0.4, -0.2) is 108 Å². The SMILES string of the molecule is COc1ccc2c(OC3CC4C(=O)NC5(C(=O)NS(=O)(=O)C6(C)CC6)CC5C=CCCC(C)OC(C)C(NC(=O)OC(C)(C)C(F)(F)F)C(=O)N4C3)nccc2c1. The molecule has 6 rings (SSSR count). The lowest BCUT2D eigenvalue weighted by Gasteiger charge is -2.34. The number of rotatable bonds is 8. The fourth-order valence-corrected chi connectivity index (χ4v) is 8.37. The molecule has 1 saturated heterocycles. The summed E-state index contributed by atoms with van der Waals surface area (Å²) in [4.78, 5) is 61.5. The van der Waals surface area contributed by atoms with Crippen LogP contribution in [0.5, 0.6) is 11.6 Å². The van der Waals surface area contributed by atoms with E-state index in [1.165, 1.54) is 27.2 Å². The Hall–Kier alpha value is -4.65. The number of halogens is 3. The second-order valence-electron chi connectivity index (χ2n) is 16.0. The van der Waals surface area contributed by atoms with Crippen molar-refractivity contribution in [3.05, 3.63) is 42.6 Å². The lowest BCUT2D eigenvalue weighted by molar-refractivity contribution is -0.244. The summed E-state index contributed by atoms with van der Waals surface area (Å²) in [6.07, 6.45) is -2.57. The number of methoxy groups -OCH3 is 1. The van der Waals surface area contributed by atoms with Crippen LogP contribution in [0.15, 0.2) is 42.6 Å². The van der Waals surface area contributed by atoms with Crippen LogP contribution in [0, 0.1) is 5.92 Å². The predicted molar refractivity (Wildman–Crippen MR) is 198 cm³/mol. The molecular weight excluding hydrogens is 776 g/mol. The van der Waals surface area contributed by atoms with Gasteiger partial charge >= 0.3 is 12.3 Å². The molecule has 2 saturated carbocycles. The summed E-state index contributed by atoms with van der Waals surface area (Å²) < 4.78 is 90.9. The van der Waals surface area contributed by atoms with E-state index in [4.69, 9.17) is 18.9 Å². The highest BCUT2D eigenvalue weighted by molar-refractivity contribution is 7.91. The number of carbonyl (C=O) groups is 4. The lowest BCUT2D eigenvalue weighted by Crippen LogP contribution is -2.60. The number of fused-ring (bicyclic) bond motifs is 3. The van der Waals surface area contributed by atoms with Gasteiger partial charge in [0, 0.05) is 23.9 Å². The zero-order valence-corrected chi connectivity index (χ0v) is 33.3. The quantitative estimate of drug-likeness (QED) is 0.326. The second-order valence-corrected chi connectivity index (χ2v) is 18.2. The molecule has 19 heteroatoms. The minimum absolute atomic E-state index is 0.0748. The van der Waals surface area contributed by atoms with E-state index >= 15 is 0 Å². The average Bonchev–Trinajstić information content (AvgIpc) is 4.01. The highest BCUT2D eigenvalue weighted by Gasteiger charge is 2.63. The summed E-state index contributed by atoms with van der Waals surface area (Å²) >= 11 is 0. The van der Waals surface area contributed by atoms with Crippen LogP contribution in [-0.2, 0) is 33.9 Å². The fraction of sp³-hybridized carbons (Fsp3) is 0.605. The van der Waals surface area contributed by atoms with Gasteiger partial charge in [-0.1, -0.05) is 12.2 Å². The number of aromatic nitrogens is 1. The highest BCUT2D eigenvalue weighted by Crippen LogP contribution is 2.47. The van der Waals surface area contributed by atoms with E-state index in [9.17, 15) is 40.8 Å². The molecule has 7 unspecified atom stereocenters. The van der Waals surface area contributed by atoms with E-state index in [2.05, 4.69) is 20.3 Å². The minimum atomic E-state index is -4.94. The van der Waals surface area contributed by atoms with Gasteiger partial charge in [0.05, 0.1) is 30.6 Å². The van der Waals surface area contributed by atoms with Gasteiger partial charge in [0.15, 0.2) is 0 Å². The average molecular weight is 824 g/mol. The Morgan fingerprint density at radius 2 is 1.84 bits per heavy atom. The van der Waals surface area contributed by atoms with Crippen molar-refractivity contribution in [1.82, 2.24) is 25.2 Å². The maximum Gasteiger partial charge on any atom is 0.427 e. The van der Waals surface area contributed by atoms with Crippen molar-refractivity contribution in [3.63, 3.8) is 0 Å². The Kier molecular flexibility index (Phi) is 11.2. The fourth-order valence-electron chi connectivity index (χ4n) is 7.06. The second kappa shape index (κ2) is 15.3. The van der Waals surface area contributed by atoms with E-state index in [1.807, 2.05) is 0 Å². The molecule has 1 aromatic carbocycles. The first-order valence-corrected chi connectivity index (χ1v) is 20.2. The summed E-state index contributed by atoms with van der Waals surface area (Å²) in [5.41, 5.74) is -4.59. The standard InChI is InChI=1S/C38H48F3N5O10S/c1-21-9-7-8-10-24-19-37(24,33(49)45-57(51,52)36(5)14-15-36)44-30(47)28-18-26(55-31-27-12-11-25(53-6)17-23(27)13-16-42-31)20-46(28)32(48)29(22(2)54-21)43-34(50)56-35(3,4)38(39,40)41/h8,10-13,16-17,21-22,24,26,28-29H,7,9,14-15,18-20H2,1-6H3,(H,43,50)(H,44,47)(H,45,49). The molecule has 0 radical (unpaired) electrons. The van der Waals surface area contributed by atoms with Gasteiger partial charge in [-0.2, -0.15) is 13.2 Å². The number of pyridine rings is 1. The van der Waals surface area contributed by atoms with Crippen molar-refractivity contribution < 1.29 is 59.7 Å². The number of alkyl halides is 3. The van der Waals surface area contributed by atoms with E-state index in [1.54, 1.807) is 43.3 Å². The number of ether oxygens (including phenoxy) is 4. The van der Waals surface area contributed by atoms with Crippen LogP contribution in [0.3, 0.4) is 0 Å². The third kappa shape index (κ3) is 8.63. The Morgan fingerprint density at radius 1 is 1.12 bits per heavy atom. The van der Waals surface area contributed by atoms with Gasteiger partial charge in [-0.05, 0) is 96.4 Å². The Labute approximate surface area is 328 Å². The molecule has 4 aliphatic rings. The zero-order valence-electron chi connectivity index (χ0n) is 32.5. The first-order chi connectivity index (χ1) is 26.6. The van der Waals surface area contributed by atoms with Crippen molar-refractivity contribution in [3.8, 4) is 11.6 Å². The first kappa shape index (κ1) is 42.0. The Bertz CT molecular complexity index is 2060. The maximum atomic E-state index is 14.6. The largest absolute Gasteiger partial charge is 0.497 e. The minimum Gasteiger partial charge on any atom is -0.497 e. The van der Waals surface area contributed by atoms with Crippen molar-refractivity contribution in [2.24, 2.45) is 5.92 Å². The predicted octanol–water partition coefficient (Wildman–Crippen LogP) is 4.04. The third-order valence-electron chi connectivity index (χ3n) is 11.3. The summed E-state index contributed by atoms with van der Waals surface area (Å²) in [6.45, 7) is 5.77. The van der Waals surface area contributed by atoms with Gasteiger partial charge in [-0.15, -0.1) is 0 Å². The molecule has 2 aliphatic carbocycles. The van der Waals surface area contributed by atoms with Gasteiger partial charge in [-0.25, -0.2) is 18.2 Å². The van der Waals surface area contributed by atoms with Crippen LogP contribution in [0.4, 0.5) is 18.0 Å². The number of hydrogen-bond donors (Lipinski definition) is 3. The Balaban J connectivity index is 1.35. The molecule has 3 N–H and O–H groups in total. The van der Waals surface area contributed by atoms with Gasteiger partial charge in [0.1, 0.15) is 29.5 Å². The normalized spacial score (nSPS) is 29.2. The molecule has 2 aliphatic heterocycles. The van der Waals surface area contributed by atoms with Crippen molar-refractivity contribution in [2.75, 3.05) is 13.7 Å². The molecule has 15 nitrogen and oxygen atoms in total. The lowest BCUT2D eigenvalue weighted by atomic mass is 10.1. The van der Waals surface area contributed by atoms with E-state index in [0.29, 0.717) is 50.7 Å². The van der Waals surface area contributed by atoms with Crippen LogP contribution in [0.25, 0.3) is 10.8 Å². The van der Waals surface area contributed by atoms with E-state index in [0.717, 1.165) is 10.3 Å². The number of amides is 4. The molecule has 0 spiro atoms. The topological polar surface area (TPSA) is 192 Å². The van der Waals surface area contributed by atoms with E-state index in [-0.39, 0.29) is 25.3 Å². The van der Waals surface area contributed by atoms with Crippen molar-refractivity contribution in [2.45, 2.75) is 126 Å². The molecular formula is C38H48F3N5O10S. The smallest absolute Gasteiger partial charge is 0.427 e. The zero-order chi connectivity index (χ0) is 41.7. The van der Waals surface area contributed by atoms with Crippen LogP contribution in [0.1, 0.15) is 73.1 Å². The number of hydrogen-bond acceptors (Lipinski definition) is 11. The van der Waals surface area contributed by atoms with Crippen molar-refractivity contribution in [1.29, 1.82) is 0 Å². The molecule has 4 amide bonds.